The highest BCUT2D eigenvalue weighted by molar-refractivity contribution is 6.03. The Morgan fingerprint density at radius 1 is 1.15 bits per heavy atom. The van der Waals surface area contributed by atoms with Gasteiger partial charge in [0.1, 0.15) is 12.3 Å². The van der Waals surface area contributed by atoms with E-state index in [1.807, 2.05) is 0 Å². The first-order chi connectivity index (χ1) is 12.7. The number of ether oxygens (including phenoxy) is 3. The molecule has 1 aliphatic heterocycles. The molecule has 1 fully saturated rings. The number of carbonyl (C=O) groups is 1. The van der Waals surface area contributed by atoms with Crippen molar-refractivity contribution in [2.45, 2.75) is 26.2 Å². The monoisotopic (exact) mass is 398 g/mol. The number of likely N-dealkylation sites (tertiary alicyclic amines) is 1. The van der Waals surface area contributed by atoms with Crippen LogP contribution in [0, 0.1) is 0 Å². The molecule has 0 bridgehead atoms. The lowest BCUT2D eigenvalue weighted by Crippen LogP contribution is -2.33. The van der Waals surface area contributed by atoms with Crippen molar-refractivity contribution < 1.29 is 23.4 Å². The number of furan rings is 1. The number of rotatable bonds is 7. The molecule has 0 spiro atoms. The van der Waals surface area contributed by atoms with Gasteiger partial charge in [-0.15, -0.1) is 12.4 Å². The van der Waals surface area contributed by atoms with E-state index >= 15 is 0 Å². The van der Waals surface area contributed by atoms with Crippen LogP contribution in [0.3, 0.4) is 0 Å². The van der Waals surface area contributed by atoms with Crippen LogP contribution in [0.1, 0.15) is 26.2 Å². The molecule has 1 aromatic heterocycles. The van der Waals surface area contributed by atoms with E-state index in [0.29, 0.717) is 35.1 Å². The second kappa shape index (κ2) is 9.71. The number of benzene rings is 1. The minimum atomic E-state index is -0.214. The quantitative estimate of drug-likeness (QED) is 0.766. The van der Waals surface area contributed by atoms with Gasteiger partial charge < -0.3 is 23.9 Å². The number of halogens is 1. The summed E-state index contributed by atoms with van der Waals surface area (Å²) in [6.07, 6.45) is 5.31. The fourth-order valence-corrected chi connectivity index (χ4v) is 3.40. The highest BCUT2D eigenvalue weighted by Gasteiger charge is 2.25. The number of fused-ring (bicyclic) bond motifs is 1. The smallest absolute Gasteiger partial charge is 0.221 e. The van der Waals surface area contributed by atoms with Crippen molar-refractivity contribution in [1.29, 1.82) is 0 Å². The molecule has 1 saturated heterocycles. The first-order valence-corrected chi connectivity index (χ1v) is 8.93. The zero-order valence-electron chi connectivity index (χ0n) is 16.0. The van der Waals surface area contributed by atoms with Gasteiger partial charge in [-0.05, 0) is 32.0 Å². The Morgan fingerprint density at radius 2 is 1.85 bits per heavy atom. The molecule has 7 nitrogen and oxygen atoms in total. The first kappa shape index (κ1) is 21.2. The van der Waals surface area contributed by atoms with Crippen LogP contribution in [0.15, 0.2) is 16.7 Å². The maximum atomic E-state index is 11.7. The third kappa shape index (κ3) is 4.59. The van der Waals surface area contributed by atoms with Crippen LogP contribution < -0.4 is 19.5 Å². The molecular weight excluding hydrogens is 372 g/mol. The Hall–Kier alpha value is -2.12. The predicted molar refractivity (Wildman–Crippen MR) is 107 cm³/mol. The predicted octanol–water partition coefficient (Wildman–Crippen LogP) is 3.69. The van der Waals surface area contributed by atoms with E-state index in [1.54, 1.807) is 26.5 Å². The normalized spacial score (nSPS) is 14.5. The van der Waals surface area contributed by atoms with Crippen molar-refractivity contribution >= 4 is 35.0 Å². The molecule has 1 N–H and O–H groups in total. The number of carbonyl (C=O) groups excluding carboxylic acids is 1. The summed E-state index contributed by atoms with van der Waals surface area (Å²) in [5, 5.41) is 3.53. The summed E-state index contributed by atoms with van der Waals surface area (Å²) in [4.78, 5) is 14.1. The molecule has 27 heavy (non-hydrogen) atoms. The summed E-state index contributed by atoms with van der Waals surface area (Å²) in [5.74, 6) is 1.17. The van der Waals surface area contributed by atoms with E-state index in [1.165, 1.54) is 26.2 Å². The molecule has 0 radical (unpaired) electrons. The maximum absolute atomic E-state index is 11.7. The van der Waals surface area contributed by atoms with Gasteiger partial charge >= 0.3 is 0 Å². The lowest BCUT2D eigenvalue weighted by Gasteiger charge is -2.26. The Bertz CT molecular complexity index is 771. The van der Waals surface area contributed by atoms with Crippen LogP contribution in [0.25, 0.3) is 11.0 Å². The molecule has 3 rings (SSSR count). The van der Waals surface area contributed by atoms with Gasteiger partial charge in [0, 0.05) is 13.5 Å². The molecule has 0 atom stereocenters. The van der Waals surface area contributed by atoms with Gasteiger partial charge in [0.25, 0.3) is 0 Å². The Morgan fingerprint density at radius 3 is 2.48 bits per heavy atom. The molecule has 0 aliphatic carbocycles. The molecule has 1 amide bonds. The van der Waals surface area contributed by atoms with Crippen molar-refractivity contribution in [2.75, 3.05) is 45.8 Å². The Kier molecular flexibility index (Phi) is 7.62. The third-order valence-corrected chi connectivity index (χ3v) is 4.59. The molecule has 0 unspecified atom stereocenters. The highest BCUT2D eigenvalue weighted by Crippen LogP contribution is 2.49. The van der Waals surface area contributed by atoms with Crippen molar-refractivity contribution in [3.63, 3.8) is 0 Å². The zero-order valence-corrected chi connectivity index (χ0v) is 16.8. The van der Waals surface area contributed by atoms with Crippen LogP contribution in [0.2, 0.25) is 0 Å². The fraction of sp³-hybridized carbons (Fsp3) is 0.526. The summed E-state index contributed by atoms with van der Waals surface area (Å²) in [6.45, 7) is 4.95. The van der Waals surface area contributed by atoms with Gasteiger partial charge in [0.2, 0.25) is 11.7 Å². The van der Waals surface area contributed by atoms with Gasteiger partial charge in [-0.2, -0.15) is 0 Å². The van der Waals surface area contributed by atoms with Gasteiger partial charge in [-0.3, -0.25) is 9.69 Å². The fourth-order valence-electron chi connectivity index (χ4n) is 3.40. The van der Waals surface area contributed by atoms with Crippen LogP contribution in [0.4, 0.5) is 5.69 Å². The zero-order chi connectivity index (χ0) is 18.5. The number of piperidine rings is 1. The number of hydrogen-bond donors (Lipinski definition) is 1. The second-order valence-electron chi connectivity index (χ2n) is 6.37. The summed E-state index contributed by atoms with van der Waals surface area (Å²) in [7, 11) is 3.11. The van der Waals surface area contributed by atoms with E-state index in [2.05, 4.69) is 10.2 Å². The Labute approximate surface area is 165 Å². The van der Waals surface area contributed by atoms with Crippen molar-refractivity contribution in [3.8, 4) is 17.2 Å². The van der Waals surface area contributed by atoms with Gasteiger partial charge in [-0.1, -0.05) is 6.42 Å². The van der Waals surface area contributed by atoms with E-state index in [4.69, 9.17) is 18.6 Å². The molecule has 2 aromatic rings. The molecule has 8 heteroatoms. The number of hydrogen-bond acceptors (Lipinski definition) is 6. The van der Waals surface area contributed by atoms with Gasteiger partial charge in [-0.25, -0.2) is 0 Å². The topological polar surface area (TPSA) is 73.2 Å². The van der Waals surface area contributed by atoms with Crippen molar-refractivity contribution in [1.82, 2.24) is 4.90 Å². The number of methoxy groups -OCH3 is 2. The van der Waals surface area contributed by atoms with E-state index in [0.717, 1.165) is 25.0 Å². The van der Waals surface area contributed by atoms with Crippen molar-refractivity contribution in [2.24, 2.45) is 0 Å². The van der Waals surface area contributed by atoms with Gasteiger partial charge in [0.15, 0.2) is 17.1 Å². The first-order valence-electron chi connectivity index (χ1n) is 8.93. The van der Waals surface area contributed by atoms with Crippen molar-refractivity contribution in [3.05, 3.63) is 12.3 Å². The average Bonchev–Trinajstić information content (AvgIpc) is 3.11. The van der Waals surface area contributed by atoms with Crippen LogP contribution in [0.5, 0.6) is 17.2 Å². The van der Waals surface area contributed by atoms with Crippen LogP contribution in [-0.2, 0) is 4.79 Å². The highest BCUT2D eigenvalue weighted by atomic mass is 35.5. The van der Waals surface area contributed by atoms with E-state index in [9.17, 15) is 4.79 Å². The summed E-state index contributed by atoms with van der Waals surface area (Å²) >= 11 is 0. The SMILES string of the molecule is COc1c(NC(C)=O)c(OCCN2CCCCC2)c(OC)c2occc12.Cl. The van der Waals surface area contributed by atoms with Crippen LogP contribution >= 0.6 is 12.4 Å². The number of amides is 1. The summed E-state index contributed by atoms with van der Waals surface area (Å²) in [6, 6.07) is 1.78. The number of nitrogens with zero attached hydrogens (tertiary/aromatic N) is 1. The summed E-state index contributed by atoms with van der Waals surface area (Å²) in [5.41, 5.74) is 0.996. The number of nitrogens with one attached hydrogen (secondary N) is 1. The third-order valence-electron chi connectivity index (χ3n) is 4.59. The van der Waals surface area contributed by atoms with Gasteiger partial charge in [0.05, 0.1) is 25.9 Å². The second-order valence-corrected chi connectivity index (χ2v) is 6.37. The minimum absolute atomic E-state index is 0. The van der Waals surface area contributed by atoms with Crippen LogP contribution in [-0.4, -0.2) is 51.3 Å². The largest absolute Gasteiger partial charge is 0.494 e. The van der Waals surface area contributed by atoms with E-state index in [-0.39, 0.29) is 18.3 Å². The maximum Gasteiger partial charge on any atom is 0.221 e. The molecule has 1 aliphatic rings. The molecule has 1 aromatic carbocycles. The standard InChI is InChI=1S/C19H26N2O5.ClH/c1-13(22)20-15-16(23-2)14-7-11-25-17(14)19(24-3)18(15)26-12-10-21-8-5-4-6-9-21;/h7,11H,4-6,8-10,12H2,1-3H3,(H,20,22);1H. The molecule has 2 heterocycles. The molecular formula is C19H27ClN2O5. The average molecular weight is 399 g/mol. The van der Waals surface area contributed by atoms with E-state index < -0.39 is 0 Å². The summed E-state index contributed by atoms with van der Waals surface area (Å²) < 4.78 is 22.7. The molecule has 0 saturated carbocycles. The Balaban J connectivity index is 0.00000261. The lowest BCUT2D eigenvalue weighted by atomic mass is 10.1. The minimum Gasteiger partial charge on any atom is -0.494 e. The number of anilines is 1. The lowest BCUT2D eigenvalue weighted by molar-refractivity contribution is -0.114. The molecule has 150 valence electrons.